The van der Waals surface area contributed by atoms with Crippen LogP contribution >= 0.6 is 0 Å². The van der Waals surface area contributed by atoms with E-state index in [2.05, 4.69) is 5.10 Å². The normalized spacial score (nSPS) is 16.2. The van der Waals surface area contributed by atoms with Gasteiger partial charge in [0.25, 0.3) is 0 Å². The number of hydrogen-bond donors (Lipinski definition) is 3. The molecule has 0 bridgehead atoms. The van der Waals surface area contributed by atoms with Crippen LogP contribution in [-0.4, -0.2) is 50.2 Å². The van der Waals surface area contributed by atoms with Crippen LogP contribution < -0.4 is 5.73 Å². The molecule has 1 amide bonds. The smallest absolute Gasteiger partial charge is 0.244 e. The second-order valence-corrected chi connectivity index (χ2v) is 5.47. The molecule has 0 radical (unpaired) electrons. The molecule has 7 nitrogen and oxygen atoms in total. The second kappa shape index (κ2) is 4.65. The van der Waals surface area contributed by atoms with Crippen molar-refractivity contribution in [2.45, 2.75) is 32.4 Å². The van der Waals surface area contributed by atoms with E-state index in [-0.39, 0.29) is 18.3 Å². The summed E-state index contributed by atoms with van der Waals surface area (Å²) in [5.74, 6) is -0.180. The predicted octanol–water partition coefficient (Wildman–Crippen LogP) is -0.677. The Morgan fingerprint density at radius 2 is 2.32 bits per heavy atom. The topological polar surface area (TPSA) is 108 Å². The van der Waals surface area contributed by atoms with Crippen molar-refractivity contribution in [3.8, 4) is 0 Å². The number of aliphatic hydroxyl groups is 1. The lowest BCUT2D eigenvalue weighted by atomic mass is 10.1. The van der Waals surface area contributed by atoms with Gasteiger partial charge in [0.2, 0.25) is 5.91 Å². The number of β-amino-alcohol motifs (C(OH)–C–C–N with tert-alkyl or cyclic N) is 1. The molecule has 0 atom stereocenters. The number of carbonyl (C=O) groups is 1. The average molecular weight is 265 g/mol. The molecule has 0 saturated carbocycles. The van der Waals surface area contributed by atoms with Gasteiger partial charge in [0.15, 0.2) is 0 Å². The van der Waals surface area contributed by atoms with Gasteiger partial charge in [-0.2, -0.15) is 5.10 Å². The van der Waals surface area contributed by atoms with E-state index in [0.29, 0.717) is 25.2 Å². The minimum atomic E-state index is -0.910. The van der Waals surface area contributed by atoms with E-state index in [9.17, 15) is 9.90 Å². The third kappa shape index (κ3) is 3.11. The maximum Gasteiger partial charge on any atom is 0.244 e. The third-order valence-electron chi connectivity index (χ3n) is 2.99. The lowest BCUT2D eigenvalue weighted by molar-refractivity contribution is -0.134. The summed E-state index contributed by atoms with van der Waals surface area (Å²) in [5.41, 5.74) is 5.77. The molecule has 1 aromatic rings. The van der Waals surface area contributed by atoms with Crippen molar-refractivity contribution in [2.75, 3.05) is 13.1 Å². The van der Waals surface area contributed by atoms with Crippen LogP contribution in [0.3, 0.4) is 0 Å². The summed E-state index contributed by atoms with van der Waals surface area (Å²) in [7, 11) is 0. The van der Waals surface area contributed by atoms with E-state index in [1.54, 1.807) is 29.5 Å². The summed E-state index contributed by atoms with van der Waals surface area (Å²) in [5, 5.41) is 21.3. The quantitative estimate of drug-likeness (QED) is 0.497. The van der Waals surface area contributed by atoms with E-state index < -0.39 is 5.60 Å². The number of carbonyl (C=O) groups excluding carboxylic acids is 1. The average Bonchev–Trinajstić information content (AvgIpc) is 2.60. The number of nitrogens with zero attached hydrogens (tertiary/aromatic N) is 3. The molecule has 0 fully saturated rings. The van der Waals surface area contributed by atoms with E-state index in [1.165, 1.54) is 0 Å². The number of nitrogens with one attached hydrogen (secondary N) is 1. The summed E-state index contributed by atoms with van der Waals surface area (Å²) >= 11 is 0. The molecular formula is C12H19N5O2. The van der Waals surface area contributed by atoms with Gasteiger partial charge in [-0.1, -0.05) is 0 Å². The van der Waals surface area contributed by atoms with Crippen molar-refractivity contribution < 1.29 is 9.90 Å². The Morgan fingerprint density at radius 1 is 1.63 bits per heavy atom. The fourth-order valence-electron chi connectivity index (χ4n) is 2.16. The molecule has 7 heteroatoms. The van der Waals surface area contributed by atoms with Gasteiger partial charge in [0.1, 0.15) is 18.1 Å². The molecule has 0 unspecified atom stereocenters. The summed E-state index contributed by atoms with van der Waals surface area (Å²) in [6.45, 7) is 4.32. The van der Waals surface area contributed by atoms with Crippen molar-refractivity contribution in [3.05, 3.63) is 17.5 Å². The van der Waals surface area contributed by atoms with Crippen molar-refractivity contribution in [3.63, 3.8) is 0 Å². The first-order valence-electron chi connectivity index (χ1n) is 6.17. The number of aromatic nitrogens is 2. The minimum Gasteiger partial charge on any atom is -0.389 e. The van der Waals surface area contributed by atoms with Crippen molar-refractivity contribution in [1.29, 1.82) is 5.41 Å². The Labute approximate surface area is 111 Å². The number of amides is 1. The standard InChI is InChI=1S/C12H19N5O2/c1-12(2,19)7-16-4-3-8-5-9(11(13)14)15-17(8)6-10(16)18/h5,19H,3-4,6-7H2,1-2H3,(H3,13,14). The summed E-state index contributed by atoms with van der Waals surface area (Å²) in [6.07, 6.45) is 0.641. The van der Waals surface area contributed by atoms with Crippen LogP contribution in [0.1, 0.15) is 25.2 Å². The number of fused-ring (bicyclic) bond motifs is 1. The zero-order valence-corrected chi connectivity index (χ0v) is 11.2. The molecule has 1 aliphatic rings. The Balaban J connectivity index is 2.17. The zero-order valence-electron chi connectivity index (χ0n) is 11.2. The Hall–Kier alpha value is -1.89. The predicted molar refractivity (Wildman–Crippen MR) is 69.8 cm³/mol. The zero-order chi connectivity index (χ0) is 14.2. The van der Waals surface area contributed by atoms with E-state index in [0.717, 1.165) is 5.69 Å². The van der Waals surface area contributed by atoms with E-state index in [1.807, 2.05) is 0 Å². The Morgan fingerprint density at radius 3 is 2.89 bits per heavy atom. The van der Waals surface area contributed by atoms with Crippen LogP contribution in [0.4, 0.5) is 0 Å². The van der Waals surface area contributed by atoms with Crippen LogP contribution in [0.15, 0.2) is 6.07 Å². The van der Waals surface area contributed by atoms with Gasteiger partial charge in [0.05, 0.1) is 5.60 Å². The molecule has 0 aliphatic carbocycles. The number of amidine groups is 1. The van der Waals surface area contributed by atoms with E-state index >= 15 is 0 Å². The molecule has 104 valence electrons. The van der Waals surface area contributed by atoms with Crippen LogP contribution in [0, 0.1) is 5.41 Å². The maximum atomic E-state index is 12.1. The first kappa shape index (κ1) is 13.5. The van der Waals surface area contributed by atoms with Gasteiger partial charge in [0, 0.05) is 25.2 Å². The fraction of sp³-hybridized carbons (Fsp3) is 0.583. The van der Waals surface area contributed by atoms with Gasteiger partial charge < -0.3 is 15.7 Å². The number of hydrogen-bond acceptors (Lipinski definition) is 4. The highest BCUT2D eigenvalue weighted by Crippen LogP contribution is 2.14. The fourth-order valence-corrected chi connectivity index (χ4v) is 2.16. The first-order chi connectivity index (χ1) is 8.76. The molecule has 2 heterocycles. The molecule has 4 N–H and O–H groups in total. The first-order valence-corrected chi connectivity index (χ1v) is 6.17. The largest absolute Gasteiger partial charge is 0.389 e. The molecule has 0 saturated heterocycles. The number of nitrogens with two attached hydrogens (primary N) is 1. The Kier molecular flexibility index (Phi) is 3.32. The third-order valence-corrected chi connectivity index (χ3v) is 2.99. The van der Waals surface area contributed by atoms with E-state index in [4.69, 9.17) is 11.1 Å². The molecule has 1 aromatic heterocycles. The molecule has 0 aromatic carbocycles. The van der Waals surface area contributed by atoms with Crippen molar-refractivity contribution >= 4 is 11.7 Å². The number of rotatable bonds is 3. The SMILES string of the molecule is CC(C)(O)CN1CCc2cc(C(=N)N)nn2CC1=O. The van der Waals surface area contributed by atoms with Crippen LogP contribution in [0.25, 0.3) is 0 Å². The van der Waals surface area contributed by atoms with Crippen LogP contribution in [0.2, 0.25) is 0 Å². The molecule has 2 rings (SSSR count). The highest BCUT2D eigenvalue weighted by molar-refractivity contribution is 5.93. The van der Waals surface area contributed by atoms with Gasteiger partial charge in [-0.05, 0) is 19.9 Å². The molecule has 0 spiro atoms. The van der Waals surface area contributed by atoms with Crippen LogP contribution in [-0.2, 0) is 17.8 Å². The van der Waals surface area contributed by atoms with Crippen molar-refractivity contribution in [2.24, 2.45) is 5.73 Å². The summed E-state index contributed by atoms with van der Waals surface area (Å²) in [4.78, 5) is 13.7. The van der Waals surface area contributed by atoms with Gasteiger partial charge >= 0.3 is 0 Å². The van der Waals surface area contributed by atoms with Gasteiger partial charge in [-0.15, -0.1) is 0 Å². The van der Waals surface area contributed by atoms with Gasteiger partial charge in [-0.25, -0.2) is 0 Å². The summed E-state index contributed by atoms with van der Waals surface area (Å²) in [6, 6.07) is 1.74. The van der Waals surface area contributed by atoms with Crippen LogP contribution in [0.5, 0.6) is 0 Å². The number of nitrogen functional groups attached to an aromatic ring is 1. The monoisotopic (exact) mass is 265 g/mol. The molecule has 1 aliphatic heterocycles. The van der Waals surface area contributed by atoms with Crippen molar-refractivity contribution in [1.82, 2.24) is 14.7 Å². The van der Waals surface area contributed by atoms with Gasteiger partial charge in [-0.3, -0.25) is 14.9 Å². The molecular weight excluding hydrogens is 246 g/mol. The minimum absolute atomic E-state index is 0.0842. The highest BCUT2D eigenvalue weighted by Gasteiger charge is 2.26. The maximum absolute atomic E-state index is 12.1. The lowest BCUT2D eigenvalue weighted by Gasteiger charge is -2.27. The Bertz CT molecular complexity index is 515. The second-order valence-electron chi connectivity index (χ2n) is 5.47. The highest BCUT2D eigenvalue weighted by atomic mass is 16.3. The lowest BCUT2D eigenvalue weighted by Crippen LogP contribution is -2.43. The summed E-state index contributed by atoms with van der Waals surface area (Å²) < 4.78 is 1.59. The molecule has 19 heavy (non-hydrogen) atoms.